The topological polar surface area (TPSA) is 71.3 Å². The normalized spacial score (nSPS) is 10.5. The molecule has 2 aromatic rings. The fraction of sp³-hybridized carbons (Fsp3) is 0.143. The number of nitrogens with zero attached hydrogens (tertiary/aromatic N) is 1. The van der Waals surface area contributed by atoms with Crippen LogP contribution >= 0.6 is 27.5 Å². The third-order valence-electron chi connectivity index (χ3n) is 3.61. The van der Waals surface area contributed by atoms with Crippen molar-refractivity contribution in [2.45, 2.75) is 6.54 Å². The fourth-order valence-electron chi connectivity index (χ4n) is 2.25. The Hall–Kier alpha value is -2.93. The summed E-state index contributed by atoms with van der Waals surface area (Å²) in [6, 6.07) is 12.4. The molecule has 0 radical (unpaired) electrons. The van der Waals surface area contributed by atoms with Gasteiger partial charge in [-0.05, 0) is 57.4 Å². The van der Waals surface area contributed by atoms with Crippen LogP contribution in [0.2, 0.25) is 5.02 Å². The number of nitrogens with one attached hydrogen (secondary N) is 1. The lowest BCUT2D eigenvalue weighted by molar-refractivity contribution is -0.117. The highest BCUT2D eigenvalue weighted by Crippen LogP contribution is 2.35. The van der Waals surface area contributed by atoms with E-state index in [1.54, 1.807) is 31.4 Å². The van der Waals surface area contributed by atoms with E-state index in [0.29, 0.717) is 20.8 Å². The van der Waals surface area contributed by atoms with Crippen molar-refractivity contribution >= 4 is 39.5 Å². The number of halogens is 2. The van der Waals surface area contributed by atoms with Crippen LogP contribution in [-0.4, -0.2) is 19.6 Å². The largest absolute Gasteiger partial charge is 0.497 e. The molecule has 0 aliphatic rings. The molecule has 142 valence electrons. The van der Waals surface area contributed by atoms with Crippen molar-refractivity contribution in [3.63, 3.8) is 0 Å². The summed E-state index contributed by atoms with van der Waals surface area (Å²) < 4.78 is 11.0. The highest BCUT2D eigenvalue weighted by atomic mass is 79.9. The Morgan fingerprint density at radius 2 is 2.07 bits per heavy atom. The zero-order chi connectivity index (χ0) is 20.5. The number of amides is 1. The summed E-state index contributed by atoms with van der Waals surface area (Å²) in [4.78, 5) is 12.3. The van der Waals surface area contributed by atoms with Gasteiger partial charge in [-0.2, -0.15) is 5.26 Å². The molecule has 1 N–H and O–H groups in total. The zero-order valence-corrected chi connectivity index (χ0v) is 17.3. The summed E-state index contributed by atoms with van der Waals surface area (Å²) in [7, 11) is 1.58. The maximum absolute atomic E-state index is 12.3. The molecule has 0 fully saturated rings. The van der Waals surface area contributed by atoms with Crippen molar-refractivity contribution in [1.29, 1.82) is 5.26 Å². The quantitative estimate of drug-likeness (QED) is 0.380. The molecule has 1 amide bonds. The van der Waals surface area contributed by atoms with E-state index in [-0.39, 0.29) is 18.7 Å². The molecular formula is C21H16BrClN2O3. The molecule has 0 unspecified atom stereocenters. The monoisotopic (exact) mass is 458 g/mol. The number of hydrogen-bond donors (Lipinski definition) is 1. The third-order valence-corrected chi connectivity index (χ3v) is 4.48. The van der Waals surface area contributed by atoms with Crippen molar-refractivity contribution in [3.8, 4) is 29.9 Å². The van der Waals surface area contributed by atoms with Crippen molar-refractivity contribution in [2.75, 3.05) is 13.7 Å². The standard InChI is InChI=1S/C21H16BrClN2O3/c1-3-8-28-20-18(22)10-15(11-19(20)23)9-16(12-24)21(26)25-13-14-4-6-17(27-2)7-5-14/h1,4-7,9-11H,8,13H2,2H3,(H,25,26)/b16-9-. The van der Waals surface area contributed by atoms with Gasteiger partial charge in [0.1, 0.15) is 24.0 Å². The average Bonchev–Trinajstić information content (AvgIpc) is 2.70. The number of nitriles is 1. The van der Waals surface area contributed by atoms with Crippen molar-refractivity contribution in [3.05, 3.63) is 62.6 Å². The second-order valence-corrected chi connectivity index (χ2v) is 6.77. The summed E-state index contributed by atoms with van der Waals surface area (Å²) in [6.45, 7) is 0.357. The number of benzene rings is 2. The van der Waals surface area contributed by atoms with E-state index < -0.39 is 5.91 Å². The van der Waals surface area contributed by atoms with Crippen LogP contribution in [0.15, 0.2) is 46.4 Å². The number of methoxy groups -OCH3 is 1. The van der Waals surface area contributed by atoms with Crippen LogP contribution < -0.4 is 14.8 Å². The van der Waals surface area contributed by atoms with Gasteiger partial charge in [-0.15, -0.1) is 6.42 Å². The fourth-order valence-corrected chi connectivity index (χ4v) is 3.24. The molecule has 7 heteroatoms. The Bertz CT molecular complexity index is 950. The first-order chi connectivity index (χ1) is 13.5. The minimum absolute atomic E-state index is 0.0474. The van der Waals surface area contributed by atoms with Gasteiger partial charge in [-0.1, -0.05) is 29.7 Å². The lowest BCUT2D eigenvalue weighted by Crippen LogP contribution is -2.23. The Balaban J connectivity index is 2.12. The highest BCUT2D eigenvalue weighted by molar-refractivity contribution is 9.10. The second kappa shape index (κ2) is 10.4. The van der Waals surface area contributed by atoms with E-state index in [1.165, 1.54) is 6.08 Å². The predicted octanol–water partition coefficient (Wildman–Crippen LogP) is 4.35. The minimum atomic E-state index is -0.488. The number of rotatable bonds is 7. The third kappa shape index (κ3) is 5.79. The van der Waals surface area contributed by atoms with Crippen LogP contribution in [0.25, 0.3) is 6.08 Å². The van der Waals surface area contributed by atoms with E-state index in [0.717, 1.165) is 11.3 Å². The smallest absolute Gasteiger partial charge is 0.262 e. The Morgan fingerprint density at radius 1 is 1.36 bits per heavy atom. The number of hydrogen-bond acceptors (Lipinski definition) is 4. The maximum atomic E-state index is 12.3. The summed E-state index contributed by atoms with van der Waals surface area (Å²) in [5.41, 5.74) is 1.40. The molecule has 0 heterocycles. The summed E-state index contributed by atoms with van der Waals surface area (Å²) in [5, 5.41) is 12.4. The lowest BCUT2D eigenvalue weighted by atomic mass is 10.1. The minimum Gasteiger partial charge on any atom is -0.497 e. The van der Waals surface area contributed by atoms with Crippen molar-refractivity contribution in [1.82, 2.24) is 5.32 Å². The summed E-state index contributed by atoms with van der Waals surface area (Å²) in [5.74, 6) is 3.00. The van der Waals surface area contributed by atoms with Crippen molar-refractivity contribution < 1.29 is 14.3 Å². The van der Waals surface area contributed by atoms with E-state index in [4.69, 9.17) is 27.5 Å². The number of carbonyl (C=O) groups is 1. The van der Waals surface area contributed by atoms with Gasteiger partial charge in [0.15, 0.2) is 5.75 Å². The van der Waals surface area contributed by atoms with Gasteiger partial charge in [0, 0.05) is 6.54 Å². The molecule has 0 aromatic heterocycles. The molecule has 0 saturated carbocycles. The van der Waals surface area contributed by atoms with Crippen LogP contribution in [0, 0.1) is 23.7 Å². The van der Waals surface area contributed by atoms with Crippen LogP contribution in [0.1, 0.15) is 11.1 Å². The van der Waals surface area contributed by atoms with E-state index in [9.17, 15) is 10.1 Å². The van der Waals surface area contributed by atoms with Crippen molar-refractivity contribution in [2.24, 2.45) is 0 Å². The molecule has 2 aromatic carbocycles. The molecule has 2 rings (SSSR count). The Labute approximate surface area is 177 Å². The van der Waals surface area contributed by atoms with Gasteiger partial charge in [-0.3, -0.25) is 4.79 Å². The van der Waals surface area contributed by atoms with Gasteiger partial charge < -0.3 is 14.8 Å². The van der Waals surface area contributed by atoms with Crippen LogP contribution in [0.3, 0.4) is 0 Å². The molecule has 0 saturated heterocycles. The predicted molar refractivity (Wildman–Crippen MR) is 112 cm³/mol. The van der Waals surface area contributed by atoms with Crippen LogP contribution in [-0.2, 0) is 11.3 Å². The molecule has 0 bridgehead atoms. The van der Waals surface area contributed by atoms with Gasteiger partial charge >= 0.3 is 0 Å². The second-order valence-electron chi connectivity index (χ2n) is 5.51. The lowest BCUT2D eigenvalue weighted by Gasteiger charge is -2.09. The van der Waals surface area contributed by atoms with E-state index in [2.05, 4.69) is 27.2 Å². The SMILES string of the molecule is C#CCOc1c(Cl)cc(/C=C(/C#N)C(=O)NCc2ccc(OC)cc2)cc1Br. The summed E-state index contributed by atoms with van der Waals surface area (Å²) in [6.07, 6.45) is 6.63. The van der Waals surface area contributed by atoms with Gasteiger partial charge in [0.2, 0.25) is 0 Å². The number of carbonyl (C=O) groups excluding carboxylic acids is 1. The van der Waals surface area contributed by atoms with E-state index in [1.807, 2.05) is 18.2 Å². The first kappa shape index (κ1) is 21.4. The van der Waals surface area contributed by atoms with Crippen LogP contribution in [0.4, 0.5) is 0 Å². The molecule has 0 aliphatic carbocycles. The maximum Gasteiger partial charge on any atom is 0.262 e. The molecule has 5 nitrogen and oxygen atoms in total. The van der Waals surface area contributed by atoms with Gasteiger partial charge in [0.25, 0.3) is 5.91 Å². The first-order valence-electron chi connectivity index (χ1n) is 8.06. The Morgan fingerprint density at radius 3 is 2.64 bits per heavy atom. The molecule has 0 aliphatic heterocycles. The molecule has 0 spiro atoms. The van der Waals surface area contributed by atoms with Crippen LogP contribution in [0.5, 0.6) is 11.5 Å². The number of terminal acetylenes is 1. The average molecular weight is 460 g/mol. The summed E-state index contributed by atoms with van der Waals surface area (Å²) >= 11 is 9.55. The van der Waals surface area contributed by atoms with Gasteiger partial charge in [-0.25, -0.2) is 0 Å². The van der Waals surface area contributed by atoms with Gasteiger partial charge in [0.05, 0.1) is 16.6 Å². The molecule has 0 atom stereocenters. The number of ether oxygens (including phenoxy) is 2. The Kier molecular flexibility index (Phi) is 7.95. The van der Waals surface area contributed by atoms with E-state index >= 15 is 0 Å². The first-order valence-corrected chi connectivity index (χ1v) is 9.23. The highest BCUT2D eigenvalue weighted by Gasteiger charge is 2.12. The molecular weight excluding hydrogens is 444 g/mol. The zero-order valence-electron chi connectivity index (χ0n) is 15.0. The molecule has 28 heavy (non-hydrogen) atoms.